The Bertz CT molecular complexity index is 651. The maximum atomic E-state index is 12.5. The van der Waals surface area contributed by atoms with E-state index in [1.165, 1.54) is 5.56 Å². The SMILES string of the molecule is CCOC(=O)N[C@H]1C[C@@H](C(=O)NC[C@H]2CCc3ccccc3O2)N(C)C1. The second-order valence-corrected chi connectivity index (χ2v) is 6.88. The fourth-order valence-electron chi connectivity index (χ4n) is 3.61. The van der Waals surface area contributed by atoms with Crippen molar-refractivity contribution >= 4 is 12.0 Å². The average molecular weight is 361 g/mol. The van der Waals surface area contributed by atoms with Crippen LogP contribution in [-0.2, 0) is 16.0 Å². The number of likely N-dealkylation sites (N-methyl/N-ethyl adjacent to an activating group) is 1. The van der Waals surface area contributed by atoms with Crippen LogP contribution in [0.3, 0.4) is 0 Å². The number of aryl methyl sites for hydroxylation is 1. The molecule has 1 saturated heterocycles. The summed E-state index contributed by atoms with van der Waals surface area (Å²) in [6, 6.07) is 7.70. The van der Waals surface area contributed by atoms with Crippen LogP contribution in [0.25, 0.3) is 0 Å². The molecule has 2 heterocycles. The second-order valence-electron chi connectivity index (χ2n) is 6.88. The molecule has 26 heavy (non-hydrogen) atoms. The highest BCUT2D eigenvalue weighted by Crippen LogP contribution is 2.26. The Kier molecular flexibility index (Phi) is 5.98. The van der Waals surface area contributed by atoms with Gasteiger partial charge >= 0.3 is 6.09 Å². The molecule has 2 amide bonds. The number of carbonyl (C=O) groups is 2. The molecule has 1 fully saturated rings. The number of carbonyl (C=O) groups excluding carboxylic acids is 2. The Hall–Kier alpha value is -2.28. The molecule has 2 N–H and O–H groups in total. The largest absolute Gasteiger partial charge is 0.488 e. The van der Waals surface area contributed by atoms with E-state index in [2.05, 4.69) is 16.7 Å². The lowest BCUT2D eigenvalue weighted by Gasteiger charge is -2.27. The minimum atomic E-state index is -0.429. The van der Waals surface area contributed by atoms with Crippen molar-refractivity contribution in [2.75, 3.05) is 26.7 Å². The molecule has 0 radical (unpaired) electrons. The number of likely N-dealkylation sites (tertiary alicyclic amines) is 1. The topological polar surface area (TPSA) is 79.9 Å². The van der Waals surface area contributed by atoms with E-state index >= 15 is 0 Å². The fourth-order valence-corrected chi connectivity index (χ4v) is 3.61. The molecule has 0 unspecified atom stereocenters. The smallest absolute Gasteiger partial charge is 0.407 e. The minimum Gasteiger partial charge on any atom is -0.488 e. The van der Waals surface area contributed by atoms with Gasteiger partial charge in [0, 0.05) is 12.6 Å². The van der Waals surface area contributed by atoms with E-state index in [0.29, 0.717) is 26.1 Å². The van der Waals surface area contributed by atoms with Gasteiger partial charge in [-0.05, 0) is 44.9 Å². The van der Waals surface area contributed by atoms with Gasteiger partial charge in [-0.3, -0.25) is 9.69 Å². The second kappa shape index (κ2) is 8.40. The number of benzene rings is 1. The molecule has 3 atom stereocenters. The fraction of sp³-hybridized carbons (Fsp3) is 0.579. The van der Waals surface area contributed by atoms with Crippen LogP contribution in [-0.4, -0.2) is 61.8 Å². The van der Waals surface area contributed by atoms with Crippen LogP contribution in [0.4, 0.5) is 4.79 Å². The van der Waals surface area contributed by atoms with Gasteiger partial charge in [-0.25, -0.2) is 4.79 Å². The van der Waals surface area contributed by atoms with Crippen molar-refractivity contribution in [3.63, 3.8) is 0 Å². The lowest BCUT2D eigenvalue weighted by atomic mass is 10.0. The summed E-state index contributed by atoms with van der Waals surface area (Å²) in [5.41, 5.74) is 1.22. The summed E-state index contributed by atoms with van der Waals surface area (Å²) in [6.45, 7) is 3.23. The first-order valence-corrected chi connectivity index (χ1v) is 9.22. The number of hydrogen-bond acceptors (Lipinski definition) is 5. The molecular formula is C19H27N3O4. The number of alkyl carbamates (subject to hydrolysis) is 1. The van der Waals surface area contributed by atoms with Gasteiger partial charge in [0.1, 0.15) is 11.9 Å². The Labute approximate surface area is 154 Å². The molecule has 0 bridgehead atoms. The number of ether oxygens (including phenoxy) is 2. The molecule has 0 spiro atoms. The Morgan fingerprint density at radius 3 is 2.96 bits per heavy atom. The van der Waals surface area contributed by atoms with Crippen molar-refractivity contribution in [2.24, 2.45) is 0 Å². The summed E-state index contributed by atoms with van der Waals surface area (Å²) >= 11 is 0. The molecular weight excluding hydrogens is 334 g/mol. The number of para-hydroxylation sites is 1. The maximum Gasteiger partial charge on any atom is 0.407 e. The molecule has 0 aromatic heterocycles. The maximum absolute atomic E-state index is 12.5. The molecule has 2 aliphatic heterocycles. The van der Waals surface area contributed by atoms with Crippen molar-refractivity contribution in [3.05, 3.63) is 29.8 Å². The quantitative estimate of drug-likeness (QED) is 0.827. The van der Waals surface area contributed by atoms with Crippen LogP contribution in [0.2, 0.25) is 0 Å². The van der Waals surface area contributed by atoms with Crippen LogP contribution < -0.4 is 15.4 Å². The third kappa shape index (κ3) is 4.46. The van der Waals surface area contributed by atoms with Crippen molar-refractivity contribution in [2.45, 2.75) is 44.4 Å². The van der Waals surface area contributed by atoms with Gasteiger partial charge in [0.25, 0.3) is 0 Å². The van der Waals surface area contributed by atoms with Crippen LogP contribution in [0.5, 0.6) is 5.75 Å². The van der Waals surface area contributed by atoms with E-state index in [-0.39, 0.29) is 24.1 Å². The zero-order valence-corrected chi connectivity index (χ0v) is 15.4. The molecule has 142 valence electrons. The van der Waals surface area contributed by atoms with Gasteiger partial charge in [0.2, 0.25) is 5.91 Å². The molecule has 2 aliphatic rings. The number of fused-ring (bicyclic) bond motifs is 1. The first kappa shape index (κ1) is 18.5. The van der Waals surface area contributed by atoms with Crippen LogP contribution in [0, 0.1) is 0 Å². The summed E-state index contributed by atoms with van der Waals surface area (Å²) in [5, 5.41) is 5.81. The van der Waals surface area contributed by atoms with E-state index in [0.717, 1.165) is 18.6 Å². The van der Waals surface area contributed by atoms with Crippen LogP contribution in [0.15, 0.2) is 24.3 Å². The number of amides is 2. The lowest BCUT2D eigenvalue weighted by Crippen LogP contribution is -2.45. The molecule has 0 aliphatic carbocycles. The monoisotopic (exact) mass is 361 g/mol. The standard InChI is InChI=1S/C19H27N3O4/c1-3-25-19(24)21-14-10-16(22(2)12-14)18(23)20-11-15-9-8-13-6-4-5-7-17(13)26-15/h4-7,14-16H,3,8-12H2,1-2H3,(H,20,23)(H,21,24)/t14-,15+,16-/m0/s1. The Morgan fingerprint density at radius 2 is 2.15 bits per heavy atom. The summed E-state index contributed by atoms with van der Waals surface area (Å²) in [7, 11) is 1.89. The predicted molar refractivity (Wildman–Crippen MR) is 97.2 cm³/mol. The first-order chi connectivity index (χ1) is 12.6. The molecule has 7 nitrogen and oxygen atoms in total. The first-order valence-electron chi connectivity index (χ1n) is 9.22. The summed E-state index contributed by atoms with van der Waals surface area (Å²) in [4.78, 5) is 26.1. The highest BCUT2D eigenvalue weighted by atomic mass is 16.5. The molecule has 1 aromatic rings. The number of nitrogens with one attached hydrogen (secondary N) is 2. The minimum absolute atomic E-state index is 0.00554. The van der Waals surface area contributed by atoms with Gasteiger partial charge in [-0.15, -0.1) is 0 Å². The van der Waals surface area contributed by atoms with Crippen LogP contribution in [0.1, 0.15) is 25.3 Å². The van der Waals surface area contributed by atoms with E-state index < -0.39 is 6.09 Å². The van der Waals surface area contributed by atoms with Gasteiger partial charge < -0.3 is 20.1 Å². The predicted octanol–water partition coefficient (Wildman–Crippen LogP) is 1.32. The Balaban J connectivity index is 1.46. The van der Waals surface area contributed by atoms with Gasteiger partial charge in [-0.2, -0.15) is 0 Å². The molecule has 7 heteroatoms. The van der Waals surface area contributed by atoms with Gasteiger partial charge in [-0.1, -0.05) is 18.2 Å². The van der Waals surface area contributed by atoms with Crippen LogP contribution >= 0.6 is 0 Å². The third-order valence-corrected chi connectivity index (χ3v) is 4.95. The lowest BCUT2D eigenvalue weighted by molar-refractivity contribution is -0.125. The number of hydrogen-bond donors (Lipinski definition) is 2. The summed E-state index contributed by atoms with van der Waals surface area (Å²) in [6.07, 6.45) is 2.00. The van der Waals surface area contributed by atoms with Crippen molar-refractivity contribution < 1.29 is 19.1 Å². The van der Waals surface area contributed by atoms with E-state index in [1.807, 2.05) is 30.1 Å². The molecule has 3 rings (SSSR count). The highest BCUT2D eigenvalue weighted by Gasteiger charge is 2.35. The third-order valence-electron chi connectivity index (χ3n) is 4.95. The number of rotatable bonds is 5. The molecule has 0 saturated carbocycles. The van der Waals surface area contributed by atoms with E-state index in [1.54, 1.807) is 6.92 Å². The summed E-state index contributed by atoms with van der Waals surface area (Å²) in [5.74, 6) is 0.887. The van der Waals surface area contributed by atoms with E-state index in [4.69, 9.17) is 9.47 Å². The number of nitrogens with zero attached hydrogens (tertiary/aromatic N) is 1. The average Bonchev–Trinajstić information content (AvgIpc) is 2.99. The zero-order chi connectivity index (χ0) is 18.5. The summed E-state index contributed by atoms with van der Waals surface area (Å²) < 4.78 is 10.9. The van der Waals surface area contributed by atoms with E-state index in [9.17, 15) is 9.59 Å². The zero-order valence-electron chi connectivity index (χ0n) is 15.4. The molecule has 1 aromatic carbocycles. The normalized spacial score (nSPS) is 25.1. The Morgan fingerprint density at radius 1 is 1.35 bits per heavy atom. The van der Waals surface area contributed by atoms with Gasteiger partial charge in [0.05, 0.1) is 19.2 Å². The van der Waals surface area contributed by atoms with Crippen molar-refractivity contribution in [1.29, 1.82) is 0 Å². The van der Waals surface area contributed by atoms with Gasteiger partial charge in [0.15, 0.2) is 0 Å². The highest BCUT2D eigenvalue weighted by molar-refractivity contribution is 5.82. The van der Waals surface area contributed by atoms with Crippen molar-refractivity contribution in [1.82, 2.24) is 15.5 Å². The van der Waals surface area contributed by atoms with Crippen molar-refractivity contribution in [3.8, 4) is 5.75 Å².